The minimum atomic E-state index is -4.34. The number of aromatic nitrogens is 5. The molecule has 13 heteroatoms. The van der Waals surface area contributed by atoms with Crippen molar-refractivity contribution in [1.29, 1.82) is 0 Å². The lowest BCUT2D eigenvalue weighted by Crippen LogP contribution is -2.35. The van der Waals surface area contributed by atoms with Gasteiger partial charge in [0.1, 0.15) is 12.4 Å². The molecule has 0 unspecified atom stereocenters. The Kier molecular flexibility index (Phi) is 6.05. The Morgan fingerprint density at radius 3 is 2.74 bits per heavy atom. The minimum absolute atomic E-state index is 0.213. The number of hydrogen-bond donors (Lipinski definition) is 1. The normalized spacial score (nSPS) is 13.7. The first-order valence-corrected chi connectivity index (χ1v) is 12.4. The Labute approximate surface area is 206 Å². The number of halogens is 3. The highest BCUT2D eigenvalue weighted by Crippen LogP contribution is 2.33. The van der Waals surface area contributed by atoms with Gasteiger partial charge < -0.3 is 10.2 Å². The van der Waals surface area contributed by atoms with E-state index in [1.807, 2.05) is 19.2 Å². The number of thiazole rings is 2. The van der Waals surface area contributed by atoms with E-state index in [1.165, 1.54) is 23.7 Å². The van der Waals surface area contributed by atoms with E-state index in [2.05, 4.69) is 25.4 Å². The molecule has 0 saturated heterocycles. The van der Waals surface area contributed by atoms with E-state index in [0.717, 1.165) is 26.0 Å². The van der Waals surface area contributed by atoms with E-state index in [0.29, 0.717) is 40.7 Å². The number of pyridine rings is 1. The summed E-state index contributed by atoms with van der Waals surface area (Å²) in [5.41, 5.74) is 3.43. The van der Waals surface area contributed by atoms with Crippen LogP contribution in [0, 0.1) is 13.8 Å². The second kappa shape index (κ2) is 9.04. The summed E-state index contributed by atoms with van der Waals surface area (Å²) in [7, 11) is 0. The van der Waals surface area contributed by atoms with Crippen LogP contribution in [-0.2, 0) is 19.5 Å². The SMILES string of the molecule is Cc1nc(C)c(-c2csc(Nc3ccc(C(=O)N4CCc5nn(CC(F)(F)F)cc5C4)cn3)n2)s1. The molecular weight excluding hydrogens is 499 g/mol. The number of amides is 1. The average Bonchev–Trinajstić information content (AvgIpc) is 3.49. The molecule has 0 aromatic carbocycles. The van der Waals surface area contributed by atoms with E-state index in [1.54, 1.807) is 28.4 Å². The summed E-state index contributed by atoms with van der Waals surface area (Å²) in [5.74, 6) is 0.319. The summed E-state index contributed by atoms with van der Waals surface area (Å²) in [5, 5.41) is 10.8. The van der Waals surface area contributed by atoms with Crippen molar-refractivity contribution in [3.8, 4) is 10.6 Å². The highest BCUT2D eigenvalue weighted by Gasteiger charge is 2.30. The molecule has 0 bridgehead atoms. The van der Waals surface area contributed by atoms with Gasteiger partial charge in [-0.1, -0.05) is 0 Å². The molecule has 0 aliphatic carbocycles. The van der Waals surface area contributed by atoms with Crippen LogP contribution in [0.3, 0.4) is 0 Å². The van der Waals surface area contributed by atoms with Gasteiger partial charge in [-0.15, -0.1) is 22.7 Å². The van der Waals surface area contributed by atoms with Crippen molar-refractivity contribution in [2.75, 3.05) is 11.9 Å². The molecular formula is C22H20F3N7OS2. The predicted molar refractivity (Wildman–Crippen MR) is 127 cm³/mol. The molecule has 8 nitrogen and oxygen atoms in total. The molecule has 1 N–H and O–H groups in total. The van der Waals surface area contributed by atoms with Gasteiger partial charge in [-0.25, -0.2) is 15.0 Å². The molecule has 5 rings (SSSR count). The smallest absolute Gasteiger partial charge is 0.334 e. The van der Waals surface area contributed by atoms with Gasteiger partial charge >= 0.3 is 6.18 Å². The molecule has 4 aromatic heterocycles. The Morgan fingerprint density at radius 2 is 2.06 bits per heavy atom. The minimum Gasteiger partial charge on any atom is -0.334 e. The van der Waals surface area contributed by atoms with Gasteiger partial charge in [-0.05, 0) is 26.0 Å². The highest BCUT2D eigenvalue weighted by atomic mass is 32.1. The van der Waals surface area contributed by atoms with Crippen molar-refractivity contribution in [1.82, 2.24) is 29.6 Å². The fourth-order valence-corrected chi connectivity index (χ4v) is 5.56. The van der Waals surface area contributed by atoms with E-state index in [4.69, 9.17) is 0 Å². The lowest BCUT2D eigenvalue weighted by molar-refractivity contribution is -0.142. The molecule has 0 saturated carbocycles. The van der Waals surface area contributed by atoms with Crippen LogP contribution in [0.5, 0.6) is 0 Å². The molecule has 0 radical (unpaired) electrons. The Balaban J connectivity index is 1.23. The maximum absolute atomic E-state index is 13.0. The topological polar surface area (TPSA) is 88.8 Å². The van der Waals surface area contributed by atoms with Crippen LogP contribution in [0.1, 0.15) is 32.3 Å². The number of rotatable bonds is 5. The quantitative estimate of drug-likeness (QED) is 0.400. The number of nitrogens with zero attached hydrogens (tertiary/aromatic N) is 6. The summed E-state index contributed by atoms with van der Waals surface area (Å²) >= 11 is 3.05. The number of carbonyl (C=O) groups is 1. The third-order valence-electron chi connectivity index (χ3n) is 5.42. The van der Waals surface area contributed by atoms with Crippen molar-refractivity contribution in [3.63, 3.8) is 0 Å². The average molecular weight is 520 g/mol. The Bertz CT molecular complexity index is 1370. The predicted octanol–water partition coefficient (Wildman–Crippen LogP) is 4.98. The van der Waals surface area contributed by atoms with Crippen LogP contribution in [0.4, 0.5) is 24.1 Å². The third kappa shape index (κ3) is 5.20. The highest BCUT2D eigenvalue weighted by molar-refractivity contribution is 7.16. The first-order chi connectivity index (χ1) is 16.6. The van der Waals surface area contributed by atoms with Gasteiger partial charge in [0, 0.05) is 42.8 Å². The van der Waals surface area contributed by atoms with Gasteiger partial charge in [0.05, 0.1) is 32.5 Å². The van der Waals surface area contributed by atoms with Crippen LogP contribution in [0.2, 0.25) is 0 Å². The molecule has 1 aliphatic heterocycles. The second-order valence-electron chi connectivity index (χ2n) is 8.13. The maximum atomic E-state index is 13.0. The van der Waals surface area contributed by atoms with Crippen molar-refractivity contribution in [2.45, 2.75) is 39.5 Å². The van der Waals surface area contributed by atoms with Crippen LogP contribution < -0.4 is 5.32 Å². The number of fused-ring (bicyclic) bond motifs is 1. The molecule has 182 valence electrons. The van der Waals surface area contributed by atoms with E-state index >= 15 is 0 Å². The number of aryl methyl sites for hydroxylation is 2. The third-order valence-corrected chi connectivity index (χ3v) is 7.27. The van der Waals surface area contributed by atoms with Crippen LogP contribution in [0.25, 0.3) is 10.6 Å². The van der Waals surface area contributed by atoms with Crippen molar-refractivity contribution < 1.29 is 18.0 Å². The molecule has 4 aromatic rings. The Morgan fingerprint density at radius 1 is 1.23 bits per heavy atom. The number of nitrogens with one attached hydrogen (secondary N) is 1. The fraction of sp³-hybridized carbons (Fsp3) is 0.318. The van der Waals surface area contributed by atoms with E-state index in [-0.39, 0.29) is 12.5 Å². The first-order valence-electron chi connectivity index (χ1n) is 10.7. The van der Waals surface area contributed by atoms with Crippen LogP contribution in [-0.4, -0.2) is 48.3 Å². The summed E-state index contributed by atoms with van der Waals surface area (Å²) < 4.78 is 38.9. The molecule has 5 heterocycles. The number of alkyl halides is 3. The molecule has 0 atom stereocenters. The number of hydrogen-bond acceptors (Lipinski definition) is 8. The summed E-state index contributed by atoms with van der Waals surface area (Å²) in [6.45, 7) is 3.37. The van der Waals surface area contributed by atoms with Crippen molar-refractivity contribution >= 4 is 39.5 Å². The van der Waals surface area contributed by atoms with Crippen molar-refractivity contribution in [3.05, 3.63) is 57.4 Å². The monoisotopic (exact) mass is 519 g/mol. The van der Waals surface area contributed by atoms with Gasteiger partial charge in [-0.2, -0.15) is 18.3 Å². The maximum Gasteiger partial charge on any atom is 0.408 e. The molecule has 0 fully saturated rings. The van der Waals surface area contributed by atoms with Gasteiger partial charge in [0.2, 0.25) is 0 Å². The fourth-order valence-electron chi connectivity index (χ4n) is 3.90. The largest absolute Gasteiger partial charge is 0.408 e. The summed E-state index contributed by atoms with van der Waals surface area (Å²) in [6.07, 6.45) is -1.08. The zero-order valence-corrected chi connectivity index (χ0v) is 20.4. The Hall–Kier alpha value is -3.32. The zero-order valence-electron chi connectivity index (χ0n) is 18.8. The van der Waals surface area contributed by atoms with Gasteiger partial charge in [-0.3, -0.25) is 9.48 Å². The first kappa shape index (κ1) is 23.4. The molecule has 0 spiro atoms. The van der Waals surface area contributed by atoms with Crippen molar-refractivity contribution in [2.24, 2.45) is 0 Å². The lowest BCUT2D eigenvalue weighted by atomic mass is 10.1. The summed E-state index contributed by atoms with van der Waals surface area (Å²) in [6, 6.07) is 3.37. The standard InChI is InChI=1S/C22H20F3N7OS2/c1-12-19(35-13(2)27-12)17-10-34-21(28-17)29-18-4-3-14(7-26-18)20(33)31-6-5-16-15(8-31)9-32(30-16)11-22(23,24)25/h3-4,7,9-10H,5-6,8,11H2,1-2H3,(H,26,28,29). The van der Waals surface area contributed by atoms with Crippen LogP contribution in [0.15, 0.2) is 29.9 Å². The molecule has 1 aliphatic rings. The lowest BCUT2D eigenvalue weighted by Gasteiger charge is -2.26. The van der Waals surface area contributed by atoms with Crippen LogP contribution >= 0.6 is 22.7 Å². The number of carbonyl (C=O) groups excluding carboxylic acids is 1. The van der Waals surface area contributed by atoms with Gasteiger partial charge in [0.15, 0.2) is 5.13 Å². The zero-order chi connectivity index (χ0) is 24.7. The summed E-state index contributed by atoms with van der Waals surface area (Å²) in [4.78, 5) is 29.0. The number of anilines is 2. The molecule has 1 amide bonds. The van der Waals surface area contributed by atoms with E-state index < -0.39 is 12.7 Å². The molecule has 35 heavy (non-hydrogen) atoms. The second-order valence-corrected chi connectivity index (χ2v) is 10.2. The van der Waals surface area contributed by atoms with Gasteiger partial charge in [0.25, 0.3) is 5.91 Å². The van der Waals surface area contributed by atoms with E-state index in [9.17, 15) is 18.0 Å².